The molecule has 3 rings (SSSR count). The summed E-state index contributed by atoms with van der Waals surface area (Å²) < 4.78 is 1.91. The van der Waals surface area contributed by atoms with Crippen molar-refractivity contribution in [3.05, 3.63) is 59.0 Å². The topological polar surface area (TPSA) is 71.2 Å². The molecule has 0 spiro atoms. The number of hydrogen-bond donors (Lipinski definition) is 2. The Kier molecular flexibility index (Phi) is 4.17. The van der Waals surface area contributed by atoms with Gasteiger partial charge in [-0.05, 0) is 36.8 Å². The van der Waals surface area contributed by atoms with Crippen molar-refractivity contribution in [1.82, 2.24) is 14.5 Å². The third kappa shape index (κ3) is 2.99. The number of rotatable bonds is 3. The molecule has 1 aromatic carbocycles. The predicted octanol–water partition coefficient (Wildman–Crippen LogP) is 3.09. The highest BCUT2D eigenvalue weighted by atomic mass is 35.5. The first-order valence-electron chi connectivity index (χ1n) is 7.07. The van der Waals surface area contributed by atoms with Crippen LogP contribution in [0, 0.1) is 6.92 Å². The van der Waals surface area contributed by atoms with Crippen LogP contribution in [0.2, 0.25) is 5.02 Å². The molecule has 2 N–H and O–H groups in total. The molecule has 0 saturated carbocycles. The van der Waals surface area contributed by atoms with Crippen LogP contribution in [0.5, 0.6) is 0 Å². The van der Waals surface area contributed by atoms with Gasteiger partial charge in [-0.3, -0.25) is 4.98 Å². The molecular formula is C17H16ClN3O2. The molecule has 6 heteroatoms. The standard InChI is InChI=1S/C17H16ClN3O2/c1-10-7-12(18)3-4-13(10)16-15(20-9-21(16)2)14-8-11(17(22)23)5-6-19-14/h3-9,17,22-23H,1-2H3. The van der Waals surface area contributed by atoms with E-state index in [-0.39, 0.29) is 0 Å². The van der Waals surface area contributed by atoms with Gasteiger partial charge in [-0.25, -0.2) is 4.98 Å². The van der Waals surface area contributed by atoms with Crippen LogP contribution in [0.15, 0.2) is 42.9 Å². The number of aliphatic hydroxyl groups excluding tert-OH is 1. The first-order chi connectivity index (χ1) is 11.0. The summed E-state index contributed by atoms with van der Waals surface area (Å²) in [5, 5.41) is 19.4. The summed E-state index contributed by atoms with van der Waals surface area (Å²) in [4.78, 5) is 8.75. The smallest absolute Gasteiger partial charge is 0.178 e. The Hall–Kier alpha value is -2.21. The highest BCUT2D eigenvalue weighted by Gasteiger charge is 2.17. The maximum Gasteiger partial charge on any atom is 0.178 e. The van der Waals surface area contributed by atoms with E-state index in [1.54, 1.807) is 18.5 Å². The Morgan fingerprint density at radius 1 is 1.13 bits per heavy atom. The number of pyridine rings is 1. The molecule has 2 heterocycles. The van der Waals surface area contributed by atoms with Crippen LogP contribution < -0.4 is 0 Å². The molecule has 0 bridgehead atoms. The lowest BCUT2D eigenvalue weighted by Gasteiger charge is -2.11. The van der Waals surface area contributed by atoms with Crippen LogP contribution in [0.1, 0.15) is 17.4 Å². The minimum atomic E-state index is -1.54. The van der Waals surface area contributed by atoms with Crippen LogP contribution in [0.3, 0.4) is 0 Å². The van der Waals surface area contributed by atoms with Gasteiger partial charge >= 0.3 is 0 Å². The van der Waals surface area contributed by atoms with E-state index < -0.39 is 6.29 Å². The number of aromatic nitrogens is 3. The zero-order chi connectivity index (χ0) is 16.6. The molecule has 23 heavy (non-hydrogen) atoms. The number of aryl methyl sites for hydroxylation is 2. The molecule has 0 aliphatic rings. The van der Waals surface area contributed by atoms with Crippen LogP contribution in [0.4, 0.5) is 0 Å². The molecule has 0 radical (unpaired) electrons. The molecule has 0 aliphatic heterocycles. The van der Waals surface area contributed by atoms with Crippen molar-refractivity contribution in [3.8, 4) is 22.6 Å². The highest BCUT2D eigenvalue weighted by molar-refractivity contribution is 6.30. The summed E-state index contributed by atoms with van der Waals surface area (Å²) in [7, 11) is 1.91. The van der Waals surface area contributed by atoms with E-state index in [2.05, 4.69) is 9.97 Å². The van der Waals surface area contributed by atoms with Crippen LogP contribution in [-0.4, -0.2) is 24.7 Å². The van der Waals surface area contributed by atoms with E-state index in [9.17, 15) is 10.2 Å². The van der Waals surface area contributed by atoms with Gasteiger partial charge in [0.1, 0.15) is 5.69 Å². The van der Waals surface area contributed by atoms with E-state index >= 15 is 0 Å². The van der Waals surface area contributed by atoms with E-state index in [0.717, 1.165) is 16.8 Å². The number of imidazole rings is 1. The van der Waals surface area contributed by atoms with Crippen LogP contribution in [0.25, 0.3) is 22.6 Å². The highest BCUT2D eigenvalue weighted by Crippen LogP contribution is 2.33. The van der Waals surface area contributed by atoms with E-state index in [0.29, 0.717) is 22.0 Å². The van der Waals surface area contributed by atoms with Gasteiger partial charge in [-0.2, -0.15) is 0 Å². The van der Waals surface area contributed by atoms with E-state index in [4.69, 9.17) is 11.6 Å². The molecule has 0 atom stereocenters. The third-order valence-electron chi connectivity index (χ3n) is 3.71. The molecule has 5 nitrogen and oxygen atoms in total. The molecular weight excluding hydrogens is 314 g/mol. The molecule has 0 unspecified atom stereocenters. The van der Waals surface area contributed by atoms with E-state index in [1.807, 2.05) is 36.7 Å². The normalized spacial score (nSPS) is 11.2. The lowest BCUT2D eigenvalue weighted by atomic mass is 10.0. The Bertz CT molecular complexity index is 859. The van der Waals surface area contributed by atoms with Crippen molar-refractivity contribution >= 4 is 11.6 Å². The number of hydrogen-bond acceptors (Lipinski definition) is 4. The molecule has 118 valence electrons. The number of halogens is 1. The van der Waals surface area contributed by atoms with Gasteiger partial charge in [0.05, 0.1) is 17.7 Å². The largest absolute Gasteiger partial charge is 0.364 e. The van der Waals surface area contributed by atoms with Gasteiger partial charge in [-0.15, -0.1) is 0 Å². The first-order valence-corrected chi connectivity index (χ1v) is 7.45. The van der Waals surface area contributed by atoms with Crippen molar-refractivity contribution in [2.75, 3.05) is 0 Å². The quantitative estimate of drug-likeness (QED) is 0.724. The number of nitrogens with zero attached hydrogens (tertiary/aromatic N) is 3. The zero-order valence-electron chi connectivity index (χ0n) is 12.7. The summed E-state index contributed by atoms with van der Waals surface area (Å²) >= 11 is 6.04. The van der Waals surface area contributed by atoms with Gasteiger partial charge in [0.2, 0.25) is 0 Å². The lowest BCUT2D eigenvalue weighted by molar-refractivity contribution is -0.0425. The minimum absolute atomic E-state index is 0.374. The summed E-state index contributed by atoms with van der Waals surface area (Å²) in [6.07, 6.45) is 1.71. The van der Waals surface area contributed by atoms with E-state index in [1.165, 1.54) is 6.20 Å². The molecule has 3 aromatic rings. The summed E-state index contributed by atoms with van der Waals surface area (Å²) in [5.74, 6) is 0. The van der Waals surface area contributed by atoms with Crippen molar-refractivity contribution in [1.29, 1.82) is 0 Å². The maximum absolute atomic E-state index is 9.35. The van der Waals surface area contributed by atoms with Crippen molar-refractivity contribution < 1.29 is 10.2 Å². The molecule has 0 amide bonds. The molecule has 2 aromatic heterocycles. The van der Waals surface area contributed by atoms with Crippen LogP contribution >= 0.6 is 11.6 Å². The van der Waals surface area contributed by atoms with Gasteiger partial charge in [0.15, 0.2) is 6.29 Å². The lowest BCUT2D eigenvalue weighted by Crippen LogP contribution is -1.98. The molecule has 0 fully saturated rings. The molecule has 0 saturated heterocycles. The summed E-state index contributed by atoms with van der Waals surface area (Å²) in [6, 6.07) is 8.87. The predicted molar refractivity (Wildman–Crippen MR) is 88.8 cm³/mol. The third-order valence-corrected chi connectivity index (χ3v) is 3.94. The average Bonchev–Trinajstić information content (AvgIpc) is 2.89. The van der Waals surface area contributed by atoms with Gasteiger partial charge in [0, 0.05) is 29.4 Å². The second-order valence-corrected chi connectivity index (χ2v) is 5.80. The number of benzene rings is 1. The Morgan fingerprint density at radius 2 is 1.91 bits per heavy atom. The molecule has 0 aliphatic carbocycles. The van der Waals surface area contributed by atoms with Crippen molar-refractivity contribution in [3.63, 3.8) is 0 Å². The second kappa shape index (κ2) is 6.12. The fourth-order valence-corrected chi connectivity index (χ4v) is 2.79. The fraction of sp³-hybridized carbons (Fsp3) is 0.176. The number of aliphatic hydroxyl groups is 2. The maximum atomic E-state index is 9.35. The SMILES string of the molecule is Cc1cc(Cl)ccc1-c1c(-c2cc(C(O)O)ccn2)ncn1C. The summed E-state index contributed by atoms with van der Waals surface area (Å²) in [6.45, 7) is 1.99. The average molecular weight is 330 g/mol. The Labute approximate surface area is 138 Å². The second-order valence-electron chi connectivity index (χ2n) is 5.36. The van der Waals surface area contributed by atoms with Gasteiger partial charge < -0.3 is 14.8 Å². The Morgan fingerprint density at radius 3 is 2.61 bits per heavy atom. The summed E-state index contributed by atoms with van der Waals surface area (Å²) in [5.41, 5.74) is 4.57. The van der Waals surface area contributed by atoms with Gasteiger partial charge in [-0.1, -0.05) is 17.7 Å². The monoisotopic (exact) mass is 329 g/mol. The first kappa shape index (κ1) is 15.7. The minimum Gasteiger partial charge on any atom is -0.364 e. The van der Waals surface area contributed by atoms with Crippen molar-refractivity contribution in [2.45, 2.75) is 13.2 Å². The Balaban J connectivity index is 2.18. The van der Waals surface area contributed by atoms with Crippen molar-refractivity contribution in [2.24, 2.45) is 7.05 Å². The van der Waals surface area contributed by atoms with Crippen LogP contribution in [-0.2, 0) is 7.05 Å². The zero-order valence-corrected chi connectivity index (χ0v) is 13.5. The fourth-order valence-electron chi connectivity index (χ4n) is 2.57. The van der Waals surface area contributed by atoms with Gasteiger partial charge in [0.25, 0.3) is 0 Å².